The van der Waals surface area contributed by atoms with E-state index < -0.39 is 0 Å². The molecule has 2 aliphatic carbocycles. The van der Waals surface area contributed by atoms with Crippen LogP contribution in [-0.4, -0.2) is 18.0 Å². The zero-order valence-electron chi connectivity index (χ0n) is 14.3. The largest absolute Gasteiger partial charge is 0.349 e. The molecule has 1 atom stereocenters. The van der Waals surface area contributed by atoms with Gasteiger partial charge in [-0.05, 0) is 68.8 Å². The van der Waals surface area contributed by atoms with Crippen LogP contribution < -0.4 is 11.1 Å². The fourth-order valence-electron chi connectivity index (χ4n) is 4.10. The minimum atomic E-state index is -0.182. The maximum atomic E-state index is 12.4. The smallest absolute Gasteiger partial charge is 0.220 e. The Hall–Kier alpha value is -1.35. The van der Waals surface area contributed by atoms with Crippen LogP contribution in [0.1, 0.15) is 63.4 Å². The molecule has 3 rings (SSSR count). The number of benzene rings is 1. The summed E-state index contributed by atoms with van der Waals surface area (Å²) in [7, 11) is 0. The van der Waals surface area contributed by atoms with E-state index >= 15 is 0 Å². The summed E-state index contributed by atoms with van der Waals surface area (Å²) in [5.41, 5.74) is 7.17. The van der Waals surface area contributed by atoms with E-state index in [0.29, 0.717) is 30.7 Å². The topological polar surface area (TPSA) is 55.1 Å². The Labute approximate surface area is 140 Å². The van der Waals surface area contributed by atoms with Gasteiger partial charge in [0.1, 0.15) is 0 Å². The molecule has 3 nitrogen and oxygen atoms in total. The molecule has 1 aromatic rings. The SMILES string of the molecule is CC(CN)(NC(=O)CC1CCC(c2ccccc2)CC1)C1CC1. The first kappa shape index (κ1) is 16.5. The van der Waals surface area contributed by atoms with E-state index in [9.17, 15) is 4.79 Å². The summed E-state index contributed by atoms with van der Waals surface area (Å²) >= 11 is 0. The van der Waals surface area contributed by atoms with Crippen molar-refractivity contribution in [3.05, 3.63) is 35.9 Å². The lowest BCUT2D eigenvalue weighted by Gasteiger charge is -2.32. The Balaban J connectivity index is 1.46. The first-order chi connectivity index (χ1) is 11.1. The molecule has 1 unspecified atom stereocenters. The van der Waals surface area contributed by atoms with Crippen LogP contribution in [0.15, 0.2) is 30.3 Å². The fraction of sp³-hybridized carbons (Fsp3) is 0.650. The lowest BCUT2D eigenvalue weighted by Crippen LogP contribution is -2.53. The molecular weight excluding hydrogens is 284 g/mol. The van der Waals surface area contributed by atoms with E-state index in [0.717, 1.165) is 12.8 Å². The molecule has 3 heteroatoms. The number of hydrogen-bond donors (Lipinski definition) is 2. The van der Waals surface area contributed by atoms with Crippen LogP contribution in [0.5, 0.6) is 0 Å². The quantitative estimate of drug-likeness (QED) is 0.843. The van der Waals surface area contributed by atoms with Gasteiger partial charge in [0, 0.05) is 13.0 Å². The van der Waals surface area contributed by atoms with Crippen molar-refractivity contribution in [3.8, 4) is 0 Å². The lowest BCUT2D eigenvalue weighted by atomic mass is 9.77. The van der Waals surface area contributed by atoms with Crippen molar-refractivity contribution in [1.29, 1.82) is 0 Å². The van der Waals surface area contributed by atoms with Gasteiger partial charge in [0.2, 0.25) is 5.91 Å². The summed E-state index contributed by atoms with van der Waals surface area (Å²) in [6, 6.07) is 10.8. The van der Waals surface area contributed by atoms with Gasteiger partial charge < -0.3 is 11.1 Å². The van der Waals surface area contributed by atoms with E-state index in [-0.39, 0.29) is 11.4 Å². The average molecular weight is 314 g/mol. The molecule has 0 aliphatic heterocycles. The summed E-state index contributed by atoms with van der Waals surface area (Å²) in [4.78, 5) is 12.4. The van der Waals surface area contributed by atoms with Crippen LogP contribution in [0.2, 0.25) is 0 Å². The van der Waals surface area contributed by atoms with Crippen molar-refractivity contribution in [2.45, 2.75) is 63.3 Å². The number of carbonyl (C=O) groups excluding carboxylic acids is 1. The molecule has 2 saturated carbocycles. The summed E-state index contributed by atoms with van der Waals surface area (Å²) in [6.07, 6.45) is 7.82. The van der Waals surface area contributed by atoms with Gasteiger partial charge in [0.25, 0.3) is 0 Å². The zero-order chi connectivity index (χ0) is 16.3. The van der Waals surface area contributed by atoms with Gasteiger partial charge in [-0.2, -0.15) is 0 Å². The van der Waals surface area contributed by atoms with Crippen LogP contribution in [0, 0.1) is 11.8 Å². The Morgan fingerprint density at radius 3 is 2.35 bits per heavy atom. The molecule has 0 saturated heterocycles. The first-order valence-electron chi connectivity index (χ1n) is 9.17. The van der Waals surface area contributed by atoms with E-state index in [1.54, 1.807) is 0 Å². The molecule has 0 aromatic heterocycles. The van der Waals surface area contributed by atoms with E-state index in [1.807, 2.05) is 0 Å². The van der Waals surface area contributed by atoms with Crippen LogP contribution in [-0.2, 0) is 4.79 Å². The molecule has 3 N–H and O–H groups in total. The van der Waals surface area contributed by atoms with Gasteiger partial charge in [0.15, 0.2) is 0 Å². The Morgan fingerprint density at radius 1 is 1.13 bits per heavy atom. The molecule has 2 aliphatic rings. The highest BCUT2D eigenvalue weighted by atomic mass is 16.1. The van der Waals surface area contributed by atoms with Crippen LogP contribution in [0.3, 0.4) is 0 Å². The minimum Gasteiger partial charge on any atom is -0.349 e. The third-order valence-corrected chi connectivity index (χ3v) is 5.92. The molecule has 0 spiro atoms. The highest BCUT2D eigenvalue weighted by Gasteiger charge is 2.41. The fourth-order valence-corrected chi connectivity index (χ4v) is 4.10. The second-order valence-electron chi connectivity index (χ2n) is 7.78. The Morgan fingerprint density at radius 2 is 1.78 bits per heavy atom. The van der Waals surface area contributed by atoms with E-state index in [4.69, 9.17) is 5.73 Å². The number of amides is 1. The van der Waals surface area contributed by atoms with Crippen LogP contribution >= 0.6 is 0 Å². The van der Waals surface area contributed by atoms with Crippen molar-refractivity contribution >= 4 is 5.91 Å². The highest BCUT2D eigenvalue weighted by molar-refractivity contribution is 5.77. The van der Waals surface area contributed by atoms with E-state index in [1.165, 1.54) is 31.2 Å². The number of nitrogens with one attached hydrogen (secondary N) is 1. The monoisotopic (exact) mass is 314 g/mol. The molecule has 1 aromatic carbocycles. The molecule has 2 fully saturated rings. The summed E-state index contributed by atoms with van der Waals surface area (Å²) in [6.45, 7) is 2.65. The summed E-state index contributed by atoms with van der Waals surface area (Å²) in [5.74, 6) is 2.01. The number of hydrogen-bond acceptors (Lipinski definition) is 2. The second-order valence-corrected chi connectivity index (χ2v) is 7.78. The molecule has 126 valence electrons. The Bertz CT molecular complexity index is 518. The van der Waals surface area contributed by atoms with Crippen molar-refractivity contribution in [1.82, 2.24) is 5.32 Å². The Kier molecular flexibility index (Phi) is 5.05. The average Bonchev–Trinajstić information content (AvgIpc) is 3.41. The predicted octanol–water partition coefficient (Wildman–Crippen LogP) is 3.59. The molecule has 1 amide bonds. The summed E-state index contributed by atoms with van der Waals surface area (Å²) < 4.78 is 0. The predicted molar refractivity (Wildman–Crippen MR) is 94.1 cm³/mol. The third kappa shape index (κ3) is 4.14. The first-order valence-corrected chi connectivity index (χ1v) is 9.17. The van der Waals surface area contributed by atoms with Gasteiger partial charge in [-0.25, -0.2) is 0 Å². The standard InChI is InChI=1S/C20H30N2O/c1-20(14-21,18-11-12-18)22-19(23)13-15-7-9-17(10-8-15)16-5-3-2-4-6-16/h2-6,15,17-18H,7-14,21H2,1H3,(H,22,23). The van der Waals surface area contributed by atoms with Gasteiger partial charge in [0.05, 0.1) is 5.54 Å². The third-order valence-electron chi connectivity index (χ3n) is 5.92. The minimum absolute atomic E-state index is 0.182. The summed E-state index contributed by atoms with van der Waals surface area (Å²) in [5, 5.41) is 3.23. The zero-order valence-corrected chi connectivity index (χ0v) is 14.3. The molecule has 0 heterocycles. The van der Waals surface area contributed by atoms with Crippen LogP contribution in [0.25, 0.3) is 0 Å². The lowest BCUT2D eigenvalue weighted by molar-refractivity contribution is -0.124. The van der Waals surface area contributed by atoms with Gasteiger partial charge in [-0.15, -0.1) is 0 Å². The highest BCUT2D eigenvalue weighted by Crippen LogP contribution is 2.40. The number of carbonyl (C=O) groups is 1. The van der Waals surface area contributed by atoms with Gasteiger partial charge in [-0.1, -0.05) is 30.3 Å². The van der Waals surface area contributed by atoms with Crippen molar-refractivity contribution < 1.29 is 4.79 Å². The second kappa shape index (κ2) is 7.04. The molecule has 23 heavy (non-hydrogen) atoms. The van der Waals surface area contributed by atoms with E-state index in [2.05, 4.69) is 42.6 Å². The molecule has 0 bridgehead atoms. The maximum absolute atomic E-state index is 12.4. The van der Waals surface area contributed by atoms with Gasteiger partial charge >= 0.3 is 0 Å². The van der Waals surface area contributed by atoms with Gasteiger partial charge in [-0.3, -0.25) is 4.79 Å². The van der Waals surface area contributed by atoms with Crippen molar-refractivity contribution in [2.75, 3.05) is 6.54 Å². The molecule has 0 radical (unpaired) electrons. The van der Waals surface area contributed by atoms with Crippen molar-refractivity contribution in [2.24, 2.45) is 17.6 Å². The molecular formula is C20H30N2O. The van der Waals surface area contributed by atoms with Crippen molar-refractivity contribution in [3.63, 3.8) is 0 Å². The number of nitrogens with two attached hydrogens (primary N) is 1. The number of rotatable bonds is 6. The van der Waals surface area contributed by atoms with Crippen LogP contribution in [0.4, 0.5) is 0 Å². The maximum Gasteiger partial charge on any atom is 0.220 e. The normalized spacial score (nSPS) is 27.2.